The van der Waals surface area contributed by atoms with E-state index in [2.05, 4.69) is 18.7 Å². The second kappa shape index (κ2) is 7.01. The van der Waals surface area contributed by atoms with Crippen LogP contribution in [0.2, 0.25) is 0 Å². The molecule has 0 fully saturated rings. The average Bonchev–Trinajstić information content (AvgIpc) is 2.36. The van der Waals surface area contributed by atoms with Crippen LogP contribution in [0.5, 0.6) is 5.75 Å². The van der Waals surface area contributed by atoms with Gasteiger partial charge in [0.2, 0.25) is 0 Å². The number of aryl methyl sites for hydroxylation is 1. The van der Waals surface area contributed by atoms with Crippen LogP contribution in [0.1, 0.15) is 29.8 Å². The normalized spacial score (nSPS) is 10.7. The Morgan fingerprint density at radius 2 is 2.00 bits per heavy atom. The molecule has 0 aromatic heterocycles. The summed E-state index contributed by atoms with van der Waals surface area (Å²) in [4.78, 5) is 13.3. The number of ether oxygens (including phenoxy) is 1. The average molecular weight is 251 g/mol. The van der Waals surface area contributed by atoms with Gasteiger partial charge < -0.3 is 14.7 Å². The number of hydrogen-bond acceptors (Lipinski definition) is 3. The maximum absolute atomic E-state index is 11.1. The summed E-state index contributed by atoms with van der Waals surface area (Å²) in [6, 6.07) is 5.16. The Balaban J connectivity index is 2.69. The molecule has 0 spiro atoms. The van der Waals surface area contributed by atoms with Crippen LogP contribution in [0.15, 0.2) is 18.2 Å². The molecule has 0 unspecified atom stereocenters. The lowest BCUT2D eigenvalue weighted by molar-refractivity contribution is 0.0691. The fourth-order valence-electron chi connectivity index (χ4n) is 1.83. The molecule has 0 saturated carbocycles. The molecule has 1 aromatic rings. The van der Waals surface area contributed by atoms with E-state index in [0.717, 1.165) is 25.2 Å². The van der Waals surface area contributed by atoms with Crippen molar-refractivity contribution < 1.29 is 14.6 Å². The van der Waals surface area contributed by atoms with Gasteiger partial charge in [0.1, 0.15) is 17.9 Å². The molecule has 4 nitrogen and oxygen atoms in total. The molecule has 0 aliphatic carbocycles. The number of nitrogens with zero attached hydrogens (tertiary/aromatic N) is 1. The van der Waals surface area contributed by atoms with Crippen molar-refractivity contribution in [3.05, 3.63) is 29.3 Å². The van der Waals surface area contributed by atoms with Crippen molar-refractivity contribution in [3.63, 3.8) is 0 Å². The van der Waals surface area contributed by atoms with Gasteiger partial charge in [-0.2, -0.15) is 0 Å². The summed E-state index contributed by atoms with van der Waals surface area (Å²) in [6.07, 6.45) is 0. The first-order valence-electron chi connectivity index (χ1n) is 6.28. The zero-order valence-electron chi connectivity index (χ0n) is 11.3. The van der Waals surface area contributed by atoms with Crippen LogP contribution in [0.3, 0.4) is 0 Å². The predicted molar refractivity (Wildman–Crippen MR) is 71.4 cm³/mol. The first-order valence-corrected chi connectivity index (χ1v) is 6.28. The molecule has 0 amide bonds. The number of carboxylic acid groups (broad SMARTS) is 1. The Hall–Kier alpha value is -1.55. The van der Waals surface area contributed by atoms with E-state index < -0.39 is 5.97 Å². The Morgan fingerprint density at radius 1 is 1.33 bits per heavy atom. The largest absolute Gasteiger partial charge is 0.491 e. The first-order chi connectivity index (χ1) is 8.60. The summed E-state index contributed by atoms with van der Waals surface area (Å²) >= 11 is 0. The van der Waals surface area contributed by atoms with Crippen LogP contribution in [0, 0.1) is 6.92 Å². The molecule has 100 valence electrons. The van der Waals surface area contributed by atoms with Crippen molar-refractivity contribution in [2.75, 3.05) is 26.2 Å². The van der Waals surface area contributed by atoms with E-state index in [1.807, 2.05) is 13.0 Å². The number of aromatic carboxylic acids is 1. The van der Waals surface area contributed by atoms with E-state index in [1.165, 1.54) is 0 Å². The number of para-hydroxylation sites is 1. The second-order valence-corrected chi connectivity index (χ2v) is 4.13. The summed E-state index contributed by atoms with van der Waals surface area (Å²) < 4.78 is 5.64. The highest BCUT2D eigenvalue weighted by molar-refractivity contribution is 5.91. The highest BCUT2D eigenvalue weighted by atomic mass is 16.5. The van der Waals surface area contributed by atoms with E-state index in [1.54, 1.807) is 12.1 Å². The summed E-state index contributed by atoms with van der Waals surface area (Å²) in [7, 11) is 0. The molecule has 0 bridgehead atoms. The number of benzene rings is 1. The SMILES string of the molecule is CCN(CC)CCOc1c(C)cccc1C(=O)O. The predicted octanol–water partition coefficient (Wildman–Crippen LogP) is 2.41. The summed E-state index contributed by atoms with van der Waals surface area (Å²) in [5.41, 5.74) is 1.09. The molecular weight excluding hydrogens is 230 g/mol. The van der Waals surface area contributed by atoms with Crippen LogP contribution in [-0.2, 0) is 0 Å². The fourth-order valence-corrected chi connectivity index (χ4v) is 1.83. The van der Waals surface area contributed by atoms with E-state index >= 15 is 0 Å². The molecule has 0 radical (unpaired) electrons. The Bertz CT molecular complexity index is 400. The summed E-state index contributed by atoms with van der Waals surface area (Å²) in [6.45, 7) is 9.31. The Kier molecular flexibility index (Phi) is 5.65. The van der Waals surface area contributed by atoms with Gasteiger partial charge in [-0.25, -0.2) is 4.79 Å². The second-order valence-electron chi connectivity index (χ2n) is 4.13. The minimum Gasteiger partial charge on any atom is -0.491 e. The molecule has 0 atom stereocenters. The number of carbonyl (C=O) groups is 1. The van der Waals surface area contributed by atoms with E-state index in [4.69, 9.17) is 9.84 Å². The third-order valence-electron chi connectivity index (χ3n) is 2.99. The van der Waals surface area contributed by atoms with Crippen LogP contribution < -0.4 is 4.74 Å². The van der Waals surface area contributed by atoms with Gasteiger partial charge in [-0.15, -0.1) is 0 Å². The lowest BCUT2D eigenvalue weighted by Crippen LogP contribution is -2.28. The van der Waals surface area contributed by atoms with Gasteiger partial charge in [0, 0.05) is 6.54 Å². The van der Waals surface area contributed by atoms with Gasteiger partial charge in [-0.05, 0) is 31.6 Å². The van der Waals surface area contributed by atoms with Crippen molar-refractivity contribution in [3.8, 4) is 5.75 Å². The Labute approximate surface area is 108 Å². The molecule has 0 heterocycles. The van der Waals surface area contributed by atoms with E-state index in [9.17, 15) is 4.79 Å². The summed E-state index contributed by atoms with van der Waals surface area (Å²) in [5, 5.41) is 9.10. The third-order valence-corrected chi connectivity index (χ3v) is 2.99. The van der Waals surface area contributed by atoms with Gasteiger partial charge in [0.15, 0.2) is 0 Å². The van der Waals surface area contributed by atoms with Gasteiger partial charge in [-0.3, -0.25) is 0 Å². The molecule has 0 aliphatic rings. The lowest BCUT2D eigenvalue weighted by Gasteiger charge is -2.19. The standard InChI is InChI=1S/C14H21NO3/c1-4-15(5-2)9-10-18-13-11(3)7-6-8-12(13)14(16)17/h6-8H,4-5,9-10H2,1-3H3,(H,16,17). The van der Waals surface area contributed by atoms with Gasteiger partial charge in [-0.1, -0.05) is 26.0 Å². The molecule has 1 rings (SSSR count). The molecule has 18 heavy (non-hydrogen) atoms. The fraction of sp³-hybridized carbons (Fsp3) is 0.500. The maximum Gasteiger partial charge on any atom is 0.339 e. The topological polar surface area (TPSA) is 49.8 Å². The highest BCUT2D eigenvalue weighted by Crippen LogP contribution is 2.23. The minimum absolute atomic E-state index is 0.231. The van der Waals surface area contributed by atoms with Crippen molar-refractivity contribution in [1.29, 1.82) is 0 Å². The van der Waals surface area contributed by atoms with Crippen molar-refractivity contribution in [1.82, 2.24) is 4.90 Å². The molecule has 1 N–H and O–H groups in total. The maximum atomic E-state index is 11.1. The number of rotatable bonds is 7. The van der Waals surface area contributed by atoms with Gasteiger partial charge >= 0.3 is 5.97 Å². The monoisotopic (exact) mass is 251 g/mol. The van der Waals surface area contributed by atoms with Crippen molar-refractivity contribution >= 4 is 5.97 Å². The number of hydrogen-bond donors (Lipinski definition) is 1. The molecular formula is C14H21NO3. The highest BCUT2D eigenvalue weighted by Gasteiger charge is 2.13. The Morgan fingerprint density at radius 3 is 2.56 bits per heavy atom. The number of likely N-dealkylation sites (N-methyl/N-ethyl adjacent to an activating group) is 1. The van der Waals surface area contributed by atoms with Crippen LogP contribution >= 0.6 is 0 Å². The number of carboxylic acids is 1. The van der Waals surface area contributed by atoms with Crippen molar-refractivity contribution in [2.24, 2.45) is 0 Å². The van der Waals surface area contributed by atoms with Crippen LogP contribution in [0.25, 0.3) is 0 Å². The summed E-state index contributed by atoms with van der Waals surface area (Å²) in [5.74, 6) is -0.464. The van der Waals surface area contributed by atoms with Crippen molar-refractivity contribution in [2.45, 2.75) is 20.8 Å². The molecule has 1 aromatic carbocycles. The molecule has 0 aliphatic heterocycles. The van der Waals surface area contributed by atoms with Gasteiger partial charge in [0.05, 0.1) is 0 Å². The van der Waals surface area contributed by atoms with E-state index in [0.29, 0.717) is 12.4 Å². The smallest absolute Gasteiger partial charge is 0.339 e. The molecule has 0 saturated heterocycles. The zero-order valence-corrected chi connectivity index (χ0v) is 11.3. The van der Waals surface area contributed by atoms with Crippen LogP contribution in [0.4, 0.5) is 0 Å². The van der Waals surface area contributed by atoms with Crippen LogP contribution in [-0.4, -0.2) is 42.2 Å². The zero-order chi connectivity index (χ0) is 13.5. The molecule has 4 heteroatoms. The van der Waals surface area contributed by atoms with Gasteiger partial charge in [0.25, 0.3) is 0 Å². The van der Waals surface area contributed by atoms with E-state index in [-0.39, 0.29) is 5.56 Å². The quantitative estimate of drug-likeness (QED) is 0.808. The minimum atomic E-state index is -0.948. The third kappa shape index (κ3) is 3.74. The lowest BCUT2D eigenvalue weighted by atomic mass is 10.1. The first kappa shape index (κ1) is 14.5.